The maximum atomic E-state index is 13.2. The lowest BCUT2D eigenvalue weighted by Crippen LogP contribution is -2.39. The zero-order chi connectivity index (χ0) is 24.0. The van der Waals surface area contributed by atoms with Gasteiger partial charge in [-0.25, -0.2) is 13.8 Å². The van der Waals surface area contributed by atoms with Crippen molar-refractivity contribution in [1.29, 1.82) is 0 Å². The van der Waals surface area contributed by atoms with Crippen LogP contribution >= 0.6 is 46.4 Å². The molecule has 0 unspecified atom stereocenters. The maximum Gasteiger partial charge on any atom is 0.255 e. The van der Waals surface area contributed by atoms with Gasteiger partial charge in [-0.05, 0) is 42.0 Å². The third-order valence-electron chi connectivity index (χ3n) is 4.45. The van der Waals surface area contributed by atoms with Crippen LogP contribution in [0.2, 0.25) is 20.1 Å². The summed E-state index contributed by atoms with van der Waals surface area (Å²) in [5.74, 6) is -0.668. The van der Waals surface area contributed by atoms with Crippen LogP contribution in [-0.4, -0.2) is 31.4 Å². The van der Waals surface area contributed by atoms with Crippen LogP contribution in [0, 0.1) is 0 Å². The SMILES string of the molecule is O=C(CN(Cc1ccc(Cl)cc1Cl)S(=O)(=O)c1ccccc1)N/N=C\c1c(Cl)cccc1Cl. The quantitative estimate of drug-likeness (QED) is 0.294. The smallest absolute Gasteiger partial charge is 0.255 e. The minimum absolute atomic E-state index is 0.0363. The lowest BCUT2D eigenvalue weighted by Gasteiger charge is -2.22. The second-order valence-corrected chi connectivity index (χ2v) is 10.3. The molecule has 3 rings (SSSR count). The number of carbonyl (C=O) groups is 1. The molecule has 11 heteroatoms. The Bertz CT molecular complexity index is 1270. The second kappa shape index (κ2) is 11.3. The van der Waals surface area contributed by atoms with Gasteiger partial charge < -0.3 is 0 Å². The van der Waals surface area contributed by atoms with E-state index in [1.807, 2.05) is 0 Å². The van der Waals surface area contributed by atoms with Gasteiger partial charge >= 0.3 is 0 Å². The first-order chi connectivity index (χ1) is 15.7. The van der Waals surface area contributed by atoms with Crippen molar-refractivity contribution in [1.82, 2.24) is 9.73 Å². The molecular weight excluding hydrogens is 528 g/mol. The number of benzene rings is 3. The van der Waals surface area contributed by atoms with Gasteiger partial charge in [0.05, 0.1) is 27.7 Å². The topological polar surface area (TPSA) is 78.8 Å². The number of amides is 1. The van der Waals surface area contributed by atoms with E-state index in [2.05, 4.69) is 10.5 Å². The molecule has 0 bridgehead atoms. The molecule has 0 spiro atoms. The number of nitrogens with one attached hydrogen (secondary N) is 1. The number of nitrogens with zero attached hydrogens (tertiary/aromatic N) is 2. The number of rotatable bonds is 8. The van der Waals surface area contributed by atoms with Crippen LogP contribution < -0.4 is 5.43 Å². The molecule has 0 atom stereocenters. The minimum Gasteiger partial charge on any atom is -0.272 e. The van der Waals surface area contributed by atoms with E-state index in [-0.39, 0.29) is 16.5 Å². The average molecular weight is 545 g/mol. The van der Waals surface area contributed by atoms with Gasteiger partial charge in [-0.3, -0.25) is 4.79 Å². The summed E-state index contributed by atoms with van der Waals surface area (Å²) in [6.07, 6.45) is 1.29. The fourth-order valence-electron chi connectivity index (χ4n) is 2.81. The summed E-state index contributed by atoms with van der Waals surface area (Å²) in [6.45, 7) is -0.662. The standard InChI is InChI=1S/C22H17Cl4N3O3S/c23-16-10-9-15(21(26)11-16)13-29(33(31,32)17-5-2-1-3-6-17)14-22(30)28-27-12-18-19(24)7-4-8-20(18)25/h1-12H,13-14H2,(H,28,30)/b27-12-. The van der Waals surface area contributed by atoms with Crippen molar-refractivity contribution in [3.63, 3.8) is 0 Å². The van der Waals surface area contributed by atoms with Crippen molar-refractivity contribution in [2.75, 3.05) is 6.54 Å². The van der Waals surface area contributed by atoms with E-state index in [1.54, 1.807) is 48.5 Å². The van der Waals surface area contributed by atoms with E-state index in [0.717, 1.165) is 4.31 Å². The minimum atomic E-state index is -4.03. The highest BCUT2D eigenvalue weighted by Gasteiger charge is 2.27. The molecule has 0 fully saturated rings. The van der Waals surface area contributed by atoms with Crippen molar-refractivity contribution in [3.05, 3.63) is 97.9 Å². The van der Waals surface area contributed by atoms with Gasteiger partial charge in [0.1, 0.15) is 0 Å². The average Bonchev–Trinajstić information content (AvgIpc) is 2.77. The largest absolute Gasteiger partial charge is 0.272 e. The molecule has 3 aromatic rings. The Balaban J connectivity index is 1.83. The van der Waals surface area contributed by atoms with Crippen molar-refractivity contribution >= 4 is 68.5 Å². The van der Waals surface area contributed by atoms with Crippen LogP contribution in [0.5, 0.6) is 0 Å². The zero-order valence-electron chi connectivity index (χ0n) is 16.9. The Morgan fingerprint density at radius 3 is 2.21 bits per heavy atom. The highest BCUT2D eigenvalue weighted by molar-refractivity contribution is 7.89. The number of hydrazone groups is 1. The van der Waals surface area contributed by atoms with Crippen LogP contribution in [0.1, 0.15) is 11.1 Å². The van der Waals surface area contributed by atoms with Gasteiger partial charge in [-0.1, -0.05) is 76.7 Å². The molecule has 0 aliphatic carbocycles. The highest BCUT2D eigenvalue weighted by Crippen LogP contribution is 2.25. The van der Waals surface area contributed by atoms with E-state index < -0.39 is 22.5 Å². The molecule has 0 aliphatic rings. The number of hydrogen-bond donors (Lipinski definition) is 1. The van der Waals surface area contributed by atoms with Crippen molar-refractivity contribution < 1.29 is 13.2 Å². The number of sulfonamides is 1. The van der Waals surface area contributed by atoms with Crippen LogP contribution in [-0.2, 0) is 21.4 Å². The third-order valence-corrected chi connectivity index (χ3v) is 7.50. The Morgan fingerprint density at radius 2 is 1.58 bits per heavy atom. The van der Waals surface area contributed by atoms with Gasteiger partial charge in [0.2, 0.25) is 10.0 Å². The van der Waals surface area contributed by atoms with Crippen molar-refractivity contribution in [2.45, 2.75) is 11.4 Å². The molecule has 0 radical (unpaired) electrons. The summed E-state index contributed by atoms with van der Waals surface area (Å²) in [5.41, 5.74) is 3.21. The molecule has 0 aromatic heterocycles. The van der Waals surface area contributed by atoms with Gasteiger partial charge in [0.15, 0.2) is 0 Å². The number of halogens is 4. The van der Waals surface area contributed by atoms with E-state index in [0.29, 0.717) is 26.2 Å². The van der Waals surface area contributed by atoms with Crippen molar-refractivity contribution in [2.24, 2.45) is 5.10 Å². The molecular formula is C22H17Cl4N3O3S. The van der Waals surface area contributed by atoms with Crippen LogP contribution in [0.3, 0.4) is 0 Å². The van der Waals surface area contributed by atoms with Gasteiger partial charge in [0, 0.05) is 22.2 Å². The Kier molecular flexibility index (Phi) is 8.75. The molecule has 1 N–H and O–H groups in total. The molecule has 0 aliphatic heterocycles. The van der Waals surface area contributed by atoms with E-state index >= 15 is 0 Å². The van der Waals surface area contributed by atoms with Crippen LogP contribution in [0.4, 0.5) is 0 Å². The van der Waals surface area contributed by atoms with Crippen molar-refractivity contribution in [3.8, 4) is 0 Å². The van der Waals surface area contributed by atoms with Crippen LogP contribution in [0.15, 0.2) is 76.7 Å². The Morgan fingerprint density at radius 1 is 0.909 bits per heavy atom. The van der Waals surface area contributed by atoms with Crippen LogP contribution in [0.25, 0.3) is 0 Å². The summed E-state index contributed by atoms with van der Waals surface area (Å²) < 4.78 is 27.5. The van der Waals surface area contributed by atoms with E-state index in [9.17, 15) is 13.2 Å². The lowest BCUT2D eigenvalue weighted by atomic mass is 10.2. The fraction of sp³-hybridized carbons (Fsp3) is 0.0909. The molecule has 0 saturated carbocycles. The summed E-state index contributed by atoms with van der Waals surface area (Å²) in [5, 5.41) is 5.24. The molecule has 0 saturated heterocycles. The summed E-state index contributed by atoms with van der Waals surface area (Å²) >= 11 is 24.3. The van der Waals surface area contributed by atoms with Gasteiger partial charge in [-0.2, -0.15) is 9.41 Å². The lowest BCUT2D eigenvalue weighted by molar-refractivity contribution is -0.121. The first-order valence-corrected chi connectivity index (χ1v) is 12.4. The Labute approximate surface area is 211 Å². The molecule has 3 aromatic carbocycles. The molecule has 1 amide bonds. The third kappa shape index (κ3) is 6.69. The predicted octanol–water partition coefficient (Wildman–Crippen LogP) is 5.64. The summed E-state index contributed by atoms with van der Waals surface area (Å²) in [4.78, 5) is 12.6. The molecule has 33 heavy (non-hydrogen) atoms. The number of hydrogen-bond acceptors (Lipinski definition) is 4. The Hall–Kier alpha value is -2.13. The zero-order valence-corrected chi connectivity index (χ0v) is 20.7. The first-order valence-electron chi connectivity index (χ1n) is 9.43. The summed E-state index contributed by atoms with van der Waals surface area (Å²) in [6, 6.07) is 17.4. The highest BCUT2D eigenvalue weighted by atomic mass is 35.5. The molecule has 172 valence electrons. The fourth-order valence-corrected chi connectivity index (χ4v) is 5.16. The van der Waals surface area contributed by atoms with Gasteiger partial charge in [-0.15, -0.1) is 0 Å². The summed E-state index contributed by atoms with van der Waals surface area (Å²) in [7, 11) is -4.03. The predicted molar refractivity (Wildman–Crippen MR) is 133 cm³/mol. The molecule has 0 heterocycles. The first kappa shape index (κ1) is 25.5. The molecule has 6 nitrogen and oxygen atoms in total. The van der Waals surface area contributed by atoms with E-state index in [1.165, 1.54) is 24.4 Å². The second-order valence-electron chi connectivity index (χ2n) is 6.75. The van der Waals surface area contributed by atoms with E-state index in [4.69, 9.17) is 46.4 Å². The maximum absolute atomic E-state index is 13.2. The van der Waals surface area contributed by atoms with Gasteiger partial charge in [0.25, 0.3) is 5.91 Å². The normalized spacial score (nSPS) is 11.8. The monoisotopic (exact) mass is 543 g/mol. The number of carbonyl (C=O) groups excluding carboxylic acids is 1.